The Kier molecular flexibility index (Phi) is 6.11. The molecule has 29 heavy (non-hydrogen) atoms. The van der Waals surface area contributed by atoms with Crippen molar-refractivity contribution in [3.8, 4) is 29.0 Å². The number of nitro benzene ring substituents is 1. The Hall–Kier alpha value is -3.84. The van der Waals surface area contributed by atoms with Gasteiger partial charge in [0.2, 0.25) is 5.89 Å². The zero-order valence-electron chi connectivity index (χ0n) is 15.4. The van der Waals surface area contributed by atoms with E-state index < -0.39 is 4.92 Å². The fourth-order valence-corrected chi connectivity index (χ4v) is 3.13. The second kappa shape index (κ2) is 8.90. The summed E-state index contributed by atoms with van der Waals surface area (Å²) in [5.41, 5.74) is 1.19. The van der Waals surface area contributed by atoms with Crippen LogP contribution in [-0.2, 0) is 0 Å². The molecule has 0 atom stereocenters. The standard InChI is InChI=1S/C19H14N4O5S/c1-26-15-9-13(10-16(11-15)27-2)18-21-22-19(28-18)29-17(7-8-20)12-3-5-14(6-4-12)23(24)25/h3-7,9-11H,1-2H3/b17-7+. The summed E-state index contributed by atoms with van der Waals surface area (Å²) in [6.45, 7) is 0. The number of hydrogen-bond donors (Lipinski definition) is 0. The number of methoxy groups -OCH3 is 2. The molecule has 1 heterocycles. The zero-order valence-corrected chi connectivity index (χ0v) is 16.2. The predicted octanol–water partition coefficient (Wildman–Crippen LogP) is 4.32. The highest BCUT2D eigenvalue weighted by atomic mass is 32.2. The van der Waals surface area contributed by atoms with E-state index in [2.05, 4.69) is 10.2 Å². The van der Waals surface area contributed by atoms with Gasteiger partial charge in [-0.05, 0) is 41.6 Å². The summed E-state index contributed by atoms with van der Waals surface area (Å²) in [5.74, 6) is 1.40. The third-order valence-electron chi connectivity index (χ3n) is 3.76. The van der Waals surface area contributed by atoms with Crippen molar-refractivity contribution < 1.29 is 18.8 Å². The quantitative estimate of drug-likeness (QED) is 0.242. The fourth-order valence-electron chi connectivity index (χ4n) is 2.37. The first-order valence-electron chi connectivity index (χ1n) is 8.13. The van der Waals surface area contributed by atoms with E-state index in [0.29, 0.717) is 27.5 Å². The number of nitriles is 1. The van der Waals surface area contributed by atoms with Gasteiger partial charge < -0.3 is 13.9 Å². The van der Waals surface area contributed by atoms with Crippen LogP contribution in [0.5, 0.6) is 11.5 Å². The van der Waals surface area contributed by atoms with Gasteiger partial charge in [-0.1, -0.05) is 0 Å². The van der Waals surface area contributed by atoms with E-state index in [1.807, 2.05) is 6.07 Å². The molecule has 146 valence electrons. The van der Waals surface area contributed by atoms with E-state index in [0.717, 1.165) is 11.8 Å². The number of nitrogens with zero attached hydrogens (tertiary/aromatic N) is 4. The van der Waals surface area contributed by atoms with Gasteiger partial charge in [-0.25, -0.2) is 0 Å². The molecule has 0 aliphatic rings. The summed E-state index contributed by atoms with van der Waals surface area (Å²) in [6.07, 6.45) is 1.31. The second-order valence-corrected chi connectivity index (χ2v) is 6.51. The molecule has 3 aromatic rings. The van der Waals surface area contributed by atoms with Gasteiger partial charge in [-0.2, -0.15) is 5.26 Å². The van der Waals surface area contributed by atoms with E-state index in [1.165, 1.54) is 32.4 Å². The van der Waals surface area contributed by atoms with E-state index in [-0.39, 0.29) is 16.8 Å². The lowest BCUT2D eigenvalue weighted by molar-refractivity contribution is -0.384. The first-order chi connectivity index (χ1) is 14.0. The fraction of sp³-hybridized carbons (Fsp3) is 0.105. The van der Waals surface area contributed by atoms with Crippen molar-refractivity contribution in [2.75, 3.05) is 14.2 Å². The van der Waals surface area contributed by atoms with Crippen LogP contribution in [0.1, 0.15) is 5.56 Å². The van der Waals surface area contributed by atoms with Gasteiger partial charge in [0.1, 0.15) is 11.5 Å². The van der Waals surface area contributed by atoms with Crippen molar-refractivity contribution in [3.05, 3.63) is 64.2 Å². The first kappa shape index (κ1) is 19.9. The van der Waals surface area contributed by atoms with Crippen molar-refractivity contribution in [1.29, 1.82) is 5.26 Å². The number of thioether (sulfide) groups is 1. The van der Waals surface area contributed by atoms with Gasteiger partial charge in [0.15, 0.2) is 0 Å². The molecule has 2 aromatic carbocycles. The van der Waals surface area contributed by atoms with E-state index in [9.17, 15) is 10.1 Å². The van der Waals surface area contributed by atoms with Crippen LogP contribution in [-0.4, -0.2) is 29.3 Å². The summed E-state index contributed by atoms with van der Waals surface area (Å²) in [5, 5.41) is 28.1. The minimum absolute atomic E-state index is 0.0397. The number of benzene rings is 2. The summed E-state index contributed by atoms with van der Waals surface area (Å²) < 4.78 is 16.2. The summed E-state index contributed by atoms with van der Waals surface area (Å²) in [7, 11) is 3.08. The van der Waals surface area contributed by atoms with E-state index in [4.69, 9.17) is 19.2 Å². The molecule has 0 N–H and O–H groups in total. The lowest BCUT2D eigenvalue weighted by atomic mass is 10.2. The number of rotatable bonds is 7. The van der Waals surface area contributed by atoms with Crippen LogP contribution in [0.15, 0.2) is 58.2 Å². The Balaban J connectivity index is 1.87. The van der Waals surface area contributed by atoms with Gasteiger partial charge >= 0.3 is 0 Å². The highest BCUT2D eigenvalue weighted by molar-refractivity contribution is 8.08. The van der Waals surface area contributed by atoms with Crippen LogP contribution in [0.3, 0.4) is 0 Å². The molecule has 1 aromatic heterocycles. The Morgan fingerprint density at radius 2 is 1.83 bits per heavy atom. The molecule has 0 aliphatic heterocycles. The molecule has 3 rings (SSSR count). The molecule has 0 aliphatic carbocycles. The maximum absolute atomic E-state index is 10.8. The number of nitro groups is 1. The van der Waals surface area contributed by atoms with Crippen molar-refractivity contribution in [3.63, 3.8) is 0 Å². The highest BCUT2D eigenvalue weighted by Gasteiger charge is 2.15. The van der Waals surface area contributed by atoms with Crippen LogP contribution >= 0.6 is 11.8 Å². The average Bonchev–Trinajstić information content (AvgIpc) is 3.21. The number of non-ortho nitro benzene ring substituents is 1. The molecule has 0 fully saturated rings. The molecular formula is C19H14N4O5S. The lowest BCUT2D eigenvalue weighted by Crippen LogP contribution is -1.88. The van der Waals surface area contributed by atoms with Crippen LogP contribution in [0, 0.1) is 21.4 Å². The Morgan fingerprint density at radius 1 is 1.17 bits per heavy atom. The first-order valence-corrected chi connectivity index (χ1v) is 8.95. The lowest BCUT2D eigenvalue weighted by Gasteiger charge is -2.06. The largest absolute Gasteiger partial charge is 0.497 e. The molecule has 0 spiro atoms. The molecule has 0 amide bonds. The van der Waals surface area contributed by atoms with Gasteiger partial charge in [0, 0.05) is 34.7 Å². The zero-order chi connectivity index (χ0) is 20.8. The van der Waals surface area contributed by atoms with Gasteiger partial charge in [-0.15, -0.1) is 10.2 Å². The van der Waals surface area contributed by atoms with Gasteiger partial charge in [0.25, 0.3) is 10.9 Å². The molecule has 9 nitrogen and oxygen atoms in total. The van der Waals surface area contributed by atoms with Crippen LogP contribution in [0.4, 0.5) is 5.69 Å². The second-order valence-electron chi connectivity index (χ2n) is 5.52. The minimum Gasteiger partial charge on any atom is -0.497 e. The SMILES string of the molecule is COc1cc(OC)cc(-c2nnc(S/C(=C/C#N)c3ccc([N+](=O)[O-])cc3)o2)c1. The third kappa shape index (κ3) is 4.72. The topological polar surface area (TPSA) is 124 Å². The van der Waals surface area contributed by atoms with E-state index >= 15 is 0 Å². The molecule has 0 unspecified atom stereocenters. The third-order valence-corrected chi connectivity index (χ3v) is 4.67. The van der Waals surface area contributed by atoms with Gasteiger partial charge in [0.05, 0.1) is 25.2 Å². The van der Waals surface area contributed by atoms with Crippen LogP contribution in [0.25, 0.3) is 16.4 Å². The number of ether oxygens (including phenoxy) is 2. The maximum Gasteiger partial charge on any atom is 0.281 e. The maximum atomic E-state index is 10.8. The molecule has 0 saturated heterocycles. The Morgan fingerprint density at radius 3 is 2.38 bits per heavy atom. The normalized spacial score (nSPS) is 11.0. The molecule has 0 radical (unpaired) electrons. The van der Waals surface area contributed by atoms with Crippen molar-refractivity contribution in [1.82, 2.24) is 10.2 Å². The molecule has 10 heteroatoms. The molecular weight excluding hydrogens is 396 g/mol. The molecule has 0 bridgehead atoms. The van der Waals surface area contributed by atoms with Crippen molar-refractivity contribution >= 4 is 22.4 Å². The summed E-state index contributed by atoms with van der Waals surface area (Å²) in [4.78, 5) is 10.8. The van der Waals surface area contributed by atoms with E-state index in [1.54, 1.807) is 30.3 Å². The Labute approximate surface area is 169 Å². The van der Waals surface area contributed by atoms with Crippen molar-refractivity contribution in [2.24, 2.45) is 0 Å². The minimum atomic E-state index is -0.489. The smallest absolute Gasteiger partial charge is 0.281 e. The highest BCUT2D eigenvalue weighted by Crippen LogP contribution is 2.36. The van der Waals surface area contributed by atoms with Crippen LogP contribution in [0.2, 0.25) is 0 Å². The van der Waals surface area contributed by atoms with Crippen molar-refractivity contribution in [2.45, 2.75) is 5.22 Å². The van der Waals surface area contributed by atoms with Gasteiger partial charge in [-0.3, -0.25) is 10.1 Å². The average molecular weight is 410 g/mol. The number of allylic oxidation sites excluding steroid dienone is 1. The number of aromatic nitrogens is 2. The predicted molar refractivity (Wildman–Crippen MR) is 105 cm³/mol. The summed E-state index contributed by atoms with van der Waals surface area (Å²) >= 11 is 1.08. The molecule has 0 saturated carbocycles. The summed E-state index contributed by atoms with van der Waals surface area (Å²) in [6, 6.07) is 13.0. The Bertz CT molecular complexity index is 1080. The monoisotopic (exact) mass is 410 g/mol. The number of hydrogen-bond acceptors (Lipinski definition) is 9. The van der Waals surface area contributed by atoms with Crippen LogP contribution < -0.4 is 9.47 Å².